The van der Waals surface area contributed by atoms with Gasteiger partial charge in [-0.15, -0.1) is 0 Å². The third kappa shape index (κ3) is 4.17. The van der Waals surface area contributed by atoms with Crippen LogP contribution >= 0.6 is 15.9 Å². The Balaban J connectivity index is 2.13. The van der Waals surface area contributed by atoms with Crippen LogP contribution in [-0.2, 0) is 4.79 Å². The summed E-state index contributed by atoms with van der Waals surface area (Å²) in [5, 5.41) is 8.66. The van der Waals surface area contributed by atoms with Crippen LogP contribution in [0.15, 0.2) is 16.7 Å². The average molecular weight is 355 g/mol. The van der Waals surface area contributed by atoms with Crippen LogP contribution in [0, 0.1) is 0 Å². The quantitative estimate of drug-likeness (QED) is 0.751. The second-order valence-electron chi connectivity index (χ2n) is 4.94. The highest BCUT2D eigenvalue weighted by molar-refractivity contribution is 9.10. The smallest absolute Gasteiger partial charge is 0.255 e. The molecule has 2 amide bonds. The fraction of sp³-hybridized carbons (Fsp3) is 0.500. The maximum absolute atomic E-state index is 12.4. The molecule has 1 unspecified atom stereocenters. The van der Waals surface area contributed by atoms with Gasteiger partial charge < -0.3 is 16.0 Å². The number of hydrogen-bond acceptors (Lipinski definition) is 4. The van der Waals surface area contributed by atoms with Crippen LogP contribution in [0.5, 0.6) is 0 Å². The zero-order chi connectivity index (χ0) is 15.2. The van der Waals surface area contributed by atoms with Crippen molar-refractivity contribution in [2.75, 3.05) is 18.4 Å². The molecule has 7 heteroatoms. The number of nitrogens with zero attached hydrogens (tertiary/aromatic N) is 1. The Kier molecular flexibility index (Phi) is 5.55. The fourth-order valence-electron chi connectivity index (χ4n) is 2.14. The molecule has 0 aromatic carbocycles. The van der Waals surface area contributed by atoms with E-state index >= 15 is 0 Å². The van der Waals surface area contributed by atoms with Crippen molar-refractivity contribution in [3.63, 3.8) is 0 Å². The fourth-order valence-corrected chi connectivity index (χ4v) is 2.47. The van der Waals surface area contributed by atoms with Crippen molar-refractivity contribution in [3.05, 3.63) is 22.3 Å². The molecule has 1 atom stereocenters. The topological polar surface area (TPSA) is 83.1 Å². The van der Waals surface area contributed by atoms with Crippen molar-refractivity contribution in [1.29, 1.82) is 0 Å². The van der Waals surface area contributed by atoms with Crippen molar-refractivity contribution >= 4 is 33.6 Å². The number of nitrogens with one attached hydrogen (secondary N) is 3. The number of hydrogen-bond donors (Lipinski definition) is 3. The summed E-state index contributed by atoms with van der Waals surface area (Å²) in [4.78, 5) is 28.4. The van der Waals surface area contributed by atoms with Crippen molar-refractivity contribution in [2.24, 2.45) is 0 Å². The van der Waals surface area contributed by atoms with Crippen LogP contribution in [0.1, 0.15) is 36.5 Å². The maximum Gasteiger partial charge on any atom is 0.255 e. The summed E-state index contributed by atoms with van der Waals surface area (Å²) < 4.78 is 0.725. The van der Waals surface area contributed by atoms with E-state index in [0.717, 1.165) is 23.9 Å². The monoisotopic (exact) mass is 354 g/mol. The summed E-state index contributed by atoms with van der Waals surface area (Å²) in [6.07, 6.45) is 4.11. The second-order valence-corrected chi connectivity index (χ2v) is 5.85. The molecule has 1 saturated heterocycles. The van der Waals surface area contributed by atoms with E-state index < -0.39 is 6.04 Å². The van der Waals surface area contributed by atoms with Gasteiger partial charge >= 0.3 is 0 Å². The first-order valence-electron chi connectivity index (χ1n) is 7.09. The molecule has 0 bridgehead atoms. The van der Waals surface area contributed by atoms with Gasteiger partial charge in [-0.05, 0) is 41.3 Å². The molecule has 114 valence electrons. The van der Waals surface area contributed by atoms with E-state index in [9.17, 15) is 9.59 Å². The Morgan fingerprint density at radius 1 is 1.57 bits per heavy atom. The van der Waals surface area contributed by atoms with Crippen LogP contribution in [0.25, 0.3) is 0 Å². The van der Waals surface area contributed by atoms with Gasteiger partial charge in [-0.3, -0.25) is 9.59 Å². The lowest BCUT2D eigenvalue weighted by Gasteiger charge is -2.23. The highest BCUT2D eigenvalue weighted by Crippen LogP contribution is 2.18. The lowest BCUT2D eigenvalue weighted by atomic mass is 10.1. The van der Waals surface area contributed by atoms with Gasteiger partial charge in [0.2, 0.25) is 5.91 Å². The van der Waals surface area contributed by atoms with Crippen molar-refractivity contribution < 1.29 is 9.59 Å². The molecule has 0 spiro atoms. The molecule has 0 radical (unpaired) electrons. The van der Waals surface area contributed by atoms with Crippen molar-refractivity contribution in [3.8, 4) is 0 Å². The lowest BCUT2D eigenvalue weighted by Crippen LogP contribution is -2.50. The summed E-state index contributed by atoms with van der Waals surface area (Å²) in [5.41, 5.74) is 0.441. The van der Waals surface area contributed by atoms with E-state index in [2.05, 4.69) is 36.9 Å². The summed E-state index contributed by atoms with van der Waals surface area (Å²) in [6.45, 7) is 3.45. The molecular formula is C14H19BrN4O2. The molecule has 1 aromatic rings. The predicted octanol–water partition coefficient (Wildman–Crippen LogP) is 1.67. The van der Waals surface area contributed by atoms with Crippen LogP contribution in [0.2, 0.25) is 0 Å². The van der Waals surface area contributed by atoms with Gasteiger partial charge in [-0.25, -0.2) is 4.98 Å². The normalized spacial score (nSPS) is 18.0. The highest BCUT2D eigenvalue weighted by Gasteiger charge is 2.25. The number of halogens is 1. The second kappa shape index (κ2) is 7.40. The summed E-state index contributed by atoms with van der Waals surface area (Å²) >= 11 is 3.32. The van der Waals surface area contributed by atoms with Gasteiger partial charge in [0.05, 0.1) is 5.56 Å². The number of carbonyl (C=O) groups is 2. The molecule has 2 heterocycles. The SMILES string of the molecule is CCCNc1ncc(Br)cc1C(=O)NC1CCCNC1=O. The van der Waals surface area contributed by atoms with Crippen molar-refractivity contribution in [1.82, 2.24) is 15.6 Å². The highest BCUT2D eigenvalue weighted by atomic mass is 79.9. The number of amides is 2. The van der Waals surface area contributed by atoms with E-state index in [0.29, 0.717) is 24.3 Å². The molecule has 2 rings (SSSR count). The number of anilines is 1. The number of carbonyl (C=O) groups excluding carboxylic acids is 2. The zero-order valence-electron chi connectivity index (χ0n) is 11.9. The van der Waals surface area contributed by atoms with Gasteiger partial charge in [-0.1, -0.05) is 6.92 Å². The number of piperidine rings is 1. The van der Waals surface area contributed by atoms with Gasteiger partial charge in [0, 0.05) is 23.8 Å². The van der Waals surface area contributed by atoms with E-state index in [4.69, 9.17) is 0 Å². The molecule has 3 N–H and O–H groups in total. The Morgan fingerprint density at radius 2 is 2.38 bits per heavy atom. The maximum atomic E-state index is 12.4. The first-order chi connectivity index (χ1) is 10.1. The molecule has 1 aromatic heterocycles. The predicted molar refractivity (Wildman–Crippen MR) is 84.2 cm³/mol. The third-order valence-electron chi connectivity index (χ3n) is 3.23. The van der Waals surface area contributed by atoms with E-state index in [-0.39, 0.29) is 11.8 Å². The molecule has 0 aliphatic carbocycles. The van der Waals surface area contributed by atoms with Gasteiger partial charge in [0.15, 0.2) is 0 Å². The molecule has 21 heavy (non-hydrogen) atoms. The molecular weight excluding hydrogens is 336 g/mol. The molecule has 1 fully saturated rings. The van der Waals surface area contributed by atoms with Crippen LogP contribution in [0.4, 0.5) is 5.82 Å². The summed E-state index contributed by atoms with van der Waals surface area (Å²) in [5.74, 6) is 0.124. The molecule has 1 aliphatic heterocycles. The van der Waals surface area contributed by atoms with Gasteiger partial charge in [0.1, 0.15) is 11.9 Å². The van der Waals surface area contributed by atoms with E-state index in [1.807, 2.05) is 6.92 Å². The zero-order valence-corrected chi connectivity index (χ0v) is 13.5. The molecule has 6 nitrogen and oxygen atoms in total. The van der Waals surface area contributed by atoms with Crippen LogP contribution in [0.3, 0.4) is 0 Å². The lowest BCUT2D eigenvalue weighted by molar-refractivity contribution is -0.124. The average Bonchev–Trinajstić information content (AvgIpc) is 2.48. The Bertz CT molecular complexity index is 536. The van der Waals surface area contributed by atoms with Gasteiger partial charge in [-0.2, -0.15) is 0 Å². The summed E-state index contributed by atoms with van der Waals surface area (Å²) in [6, 6.07) is 1.24. The van der Waals surface area contributed by atoms with E-state index in [1.54, 1.807) is 12.3 Å². The van der Waals surface area contributed by atoms with Crippen LogP contribution < -0.4 is 16.0 Å². The first-order valence-corrected chi connectivity index (χ1v) is 7.89. The Morgan fingerprint density at radius 3 is 3.10 bits per heavy atom. The molecule has 0 saturated carbocycles. The van der Waals surface area contributed by atoms with Gasteiger partial charge in [0.25, 0.3) is 5.91 Å². The Hall–Kier alpha value is -1.63. The minimum Gasteiger partial charge on any atom is -0.369 e. The standard InChI is InChI=1S/C14H19BrN4O2/c1-2-5-16-12-10(7-9(15)8-18-12)13(20)19-11-4-3-6-17-14(11)21/h7-8,11H,2-6H2,1H3,(H,16,18)(H,17,21)(H,19,20). The molecule has 1 aliphatic rings. The van der Waals surface area contributed by atoms with E-state index in [1.165, 1.54) is 0 Å². The first kappa shape index (κ1) is 15.8. The number of rotatable bonds is 5. The van der Waals surface area contributed by atoms with Crippen LogP contribution in [-0.4, -0.2) is 35.9 Å². The minimum atomic E-state index is -0.468. The number of pyridine rings is 1. The van der Waals surface area contributed by atoms with Crippen molar-refractivity contribution in [2.45, 2.75) is 32.2 Å². The minimum absolute atomic E-state index is 0.124. The largest absolute Gasteiger partial charge is 0.369 e. The number of aromatic nitrogens is 1. The Labute approximate surface area is 132 Å². The third-order valence-corrected chi connectivity index (χ3v) is 3.67. The summed E-state index contributed by atoms with van der Waals surface area (Å²) in [7, 11) is 0.